The average Bonchev–Trinajstić information content (AvgIpc) is 2.91. The number of hydrogen-bond acceptors (Lipinski definition) is 3. The minimum atomic E-state index is -1.08. The van der Waals surface area contributed by atoms with Crippen LogP contribution < -0.4 is 4.74 Å². The number of carboxylic acids is 1. The van der Waals surface area contributed by atoms with Crippen molar-refractivity contribution in [1.29, 1.82) is 0 Å². The van der Waals surface area contributed by atoms with Crippen LogP contribution in [0.1, 0.15) is 39.7 Å². The van der Waals surface area contributed by atoms with Crippen LogP contribution in [-0.4, -0.2) is 20.7 Å². The number of halogens is 2. The summed E-state index contributed by atoms with van der Waals surface area (Å²) in [5.74, 6) is -2.26. The first-order valence-corrected chi connectivity index (χ1v) is 8.15. The van der Waals surface area contributed by atoms with Gasteiger partial charge in [-0.2, -0.15) is 9.61 Å². The second-order valence-electron chi connectivity index (χ2n) is 6.01. The number of rotatable bonds is 5. The molecule has 0 spiro atoms. The van der Waals surface area contributed by atoms with Gasteiger partial charge in [0.25, 0.3) is 0 Å². The topological polar surface area (TPSA) is 63.8 Å². The summed E-state index contributed by atoms with van der Waals surface area (Å²) < 4.78 is 34.7. The molecule has 7 heteroatoms. The highest BCUT2D eigenvalue weighted by atomic mass is 19.1. The van der Waals surface area contributed by atoms with Gasteiger partial charge in [-0.3, -0.25) is 0 Å². The lowest BCUT2D eigenvalue weighted by atomic mass is 10.0. The van der Waals surface area contributed by atoms with Crippen LogP contribution in [0, 0.1) is 25.5 Å². The second kappa shape index (κ2) is 6.74. The largest absolute Gasteiger partial charge is 0.478 e. The first kappa shape index (κ1) is 17.8. The molecule has 1 N–H and O–H groups in total. The van der Waals surface area contributed by atoms with Gasteiger partial charge in [0, 0.05) is 6.07 Å². The molecule has 0 aliphatic heterocycles. The Morgan fingerprint density at radius 2 is 1.88 bits per heavy atom. The highest BCUT2D eigenvalue weighted by molar-refractivity contribution is 5.98. The molecule has 0 saturated carbocycles. The van der Waals surface area contributed by atoms with E-state index >= 15 is 0 Å². The fourth-order valence-corrected chi connectivity index (χ4v) is 3.11. The van der Waals surface area contributed by atoms with Crippen molar-refractivity contribution in [2.45, 2.75) is 33.8 Å². The molecule has 136 valence electrons. The van der Waals surface area contributed by atoms with Crippen molar-refractivity contribution in [3.05, 3.63) is 63.8 Å². The van der Waals surface area contributed by atoms with Gasteiger partial charge in [-0.05, 0) is 43.5 Å². The molecule has 0 aliphatic carbocycles. The Kier molecular flexibility index (Phi) is 4.63. The van der Waals surface area contributed by atoms with Crippen LogP contribution in [0.4, 0.5) is 8.78 Å². The molecule has 1 aromatic carbocycles. The summed E-state index contributed by atoms with van der Waals surface area (Å²) in [7, 11) is 0. The maximum Gasteiger partial charge on any atom is 0.339 e. The molecule has 0 aliphatic rings. The third-order valence-corrected chi connectivity index (χ3v) is 4.36. The number of aryl methyl sites for hydroxylation is 3. The van der Waals surface area contributed by atoms with Gasteiger partial charge in [-0.15, -0.1) is 0 Å². The fourth-order valence-electron chi connectivity index (χ4n) is 3.11. The van der Waals surface area contributed by atoms with E-state index in [1.807, 2.05) is 13.8 Å². The minimum Gasteiger partial charge on any atom is -0.478 e. The van der Waals surface area contributed by atoms with Crippen LogP contribution in [0.2, 0.25) is 0 Å². The summed E-state index contributed by atoms with van der Waals surface area (Å²) in [5.41, 5.74) is 2.37. The molecule has 26 heavy (non-hydrogen) atoms. The van der Waals surface area contributed by atoms with E-state index in [9.17, 15) is 18.7 Å². The SMILES string of the molecule is CCc1c(C)cc(OCc2c(F)cccc2F)n2nc(C)c(C(=O)O)c12. The van der Waals surface area contributed by atoms with Gasteiger partial charge in [0.1, 0.15) is 23.8 Å². The summed E-state index contributed by atoms with van der Waals surface area (Å²) >= 11 is 0. The summed E-state index contributed by atoms with van der Waals surface area (Å²) in [4.78, 5) is 11.7. The number of ether oxygens (including phenoxy) is 1. The molecular formula is C19H18F2N2O3. The molecule has 2 heterocycles. The molecule has 5 nitrogen and oxygen atoms in total. The van der Waals surface area contributed by atoms with Crippen LogP contribution in [0.5, 0.6) is 5.88 Å². The van der Waals surface area contributed by atoms with E-state index in [2.05, 4.69) is 5.10 Å². The van der Waals surface area contributed by atoms with Gasteiger partial charge >= 0.3 is 5.97 Å². The predicted molar refractivity (Wildman–Crippen MR) is 91.7 cm³/mol. The van der Waals surface area contributed by atoms with E-state index in [4.69, 9.17) is 4.74 Å². The summed E-state index contributed by atoms with van der Waals surface area (Å²) in [6, 6.07) is 5.29. The van der Waals surface area contributed by atoms with E-state index in [1.54, 1.807) is 13.0 Å². The lowest BCUT2D eigenvalue weighted by molar-refractivity contribution is 0.0698. The highest BCUT2D eigenvalue weighted by Crippen LogP contribution is 2.29. The first-order chi connectivity index (χ1) is 12.3. The lowest BCUT2D eigenvalue weighted by Crippen LogP contribution is -2.08. The van der Waals surface area contributed by atoms with Crippen LogP contribution in [0.15, 0.2) is 24.3 Å². The standard InChI is InChI=1S/C19H18F2N2O3/c1-4-12-10(2)8-16(23-18(12)17(19(24)25)11(3)22-23)26-9-13-14(20)6-5-7-15(13)21/h5-8H,4,9H2,1-3H3,(H,24,25). The molecular weight excluding hydrogens is 342 g/mol. The zero-order chi connectivity index (χ0) is 19.0. The Labute approximate surface area is 148 Å². The van der Waals surface area contributed by atoms with E-state index in [-0.39, 0.29) is 23.6 Å². The average molecular weight is 360 g/mol. The third-order valence-electron chi connectivity index (χ3n) is 4.36. The number of pyridine rings is 1. The molecule has 0 bridgehead atoms. The summed E-state index contributed by atoms with van der Waals surface area (Å²) in [6.45, 7) is 5.03. The highest BCUT2D eigenvalue weighted by Gasteiger charge is 2.22. The molecule has 0 radical (unpaired) electrons. The summed E-state index contributed by atoms with van der Waals surface area (Å²) in [5, 5.41) is 13.8. The maximum atomic E-state index is 13.8. The molecule has 0 atom stereocenters. The van der Waals surface area contributed by atoms with Crippen molar-refractivity contribution in [2.75, 3.05) is 0 Å². The molecule has 3 aromatic rings. The smallest absolute Gasteiger partial charge is 0.339 e. The Balaban J connectivity index is 2.12. The predicted octanol–water partition coefficient (Wildman–Crippen LogP) is 4.07. The molecule has 0 saturated heterocycles. The Bertz CT molecular complexity index is 992. The minimum absolute atomic E-state index is 0.104. The van der Waals surface area contributed by atoms with Crippen LogP contribution in [-0.2, 0) is 13.0 Å². The van der Waals surface area contributed by atoms with Crippen molar-refractivity contribution in [3.8, 4) is 5.88 Å². The van der Waals surface area contributed by atoms with Gasteiger partial charge in [-0.1, -0.05) is 13.0 Å². The Hall–Kier alpha value is -2.96. The van der Waals surface area contributed by atoms with Crippen molar-refractivity contribution in [2.24, 2.45) is 0 Å². The normalized spacial score (nSPS) is 11.1. The molecule has 0 unspecified atom stereocenters. The number of benzene rings is 1. The van der Waals surface area contributed by atoms with Crippen LogP contribution >= 0.6 is 0 Å². The van der Waals surface area contributed by atoms with E-state index in [0.29, 0.717) is 17.6 Å². The van der Waals surface area contributed by atoms with Crippen molar-refractivity contribution in [1.82, 2.24) is 9.61 Å². The lowest BCUT2D eigenvalue weighted by Gasteiger charge is -2.14. The first-order valence-electron chi connectivity index (χ1n) is 8.15. The van der Waals surface area contributed by atoms with E-state index in [0.717, 1.165) is 23.3 Å². The van der Waals surface area contributed by atoms with Gasteiger partial charge in [0.05, 0.1) is 16.8 Å². The summed E-state index contributed by atoms with van der Waals surface area (Å²) in [6.07, 6.45) is 0.614. The van der Waals surface area contributed by atoms with E-state index in [1.165, 1.54) is 10.6 Å². The second-order valence-corrected chi connectivity index (χ2v) is 6.01. The zero-order valence-electron chi connectivity index (χ0n) is 14.6. The van der Waals surface area contributed by atoms with Crippen molar-refractivity contribution >= 4 is 11.5 Å². The molecule has 0 amide bonds. The Morgan fingerprint density at radius 3 is 2.46 bits per heavy atom. The quantitative estimate of drug-likeness (QED) is 0.745. The Morgan fingerprint density at radius 1 is 1.23 bits per heavy atom. The van der Waals surface area contributed by atoms with Crippen LogP contribution in [0.3, 0.4) is 0 Å². The van der Waals surface area contributed by atoms with Gasteiger partial charge < -0.3 is 9.84 Å². The molecule has 0 fully saturated rings. The van der Waals surface area contributed by atoms with Crippen molar-refractivity contribution in [3.63, 3.8) is 0 Å². The number of aromatic carboxylic acids is 1. The molecule has 3 rings (SSSR count). The number of hydrogen-bond donors (Lipinski definition) is 1. The molecule has 2 aromatic heterocycles. The van der Waals surface area contributed by atoms with Crippen molar-refractivity contribution < 1.29 is 23.4 Å². The van der Waals surface area contributed by atoms with E-state index < -0.39 is 17.6 Å². The fraction of sp³-hybridized carbons (Fsp3) is 0.263. The van der Waals surface area contributed by atoms with Gasteiger partial charge in [0.15, 0.2) is 0 Å². The zero-order valence-corrected chi connectivity index (χ0v) is 14.6. The maximum absolute atomic E-state index is 13.8. The third kappa shape index (κ3) is 2.89. The number of carbonyl (C=O) groups is 1. The van der Waals surface area contributed by atoms with Crippen LogP contribution in [0.25, 0.3) is 5.52 Å². The monoisotopic (exact) mass is 360 g/mol. The number of carboxylic acid groups (broad SMARTS) is 1. The van der Waals surface area contributed by atoms with Gasteiger partial charge in [0.2, 0.25) is 5.88 Å². The number of fused-ring (bicyclic) bond motifs is 1. The number of nitrogens with zero attached hydrogens (tertiary/aromatic N) is 2. The number of aromatic nitrogens is 2. The van der Waals surface area contributed by atoms with Gasteiger partial charge in [-0.25, -0.2) is 13.6 Å².